The Bertz CT molecular complexity index is 577. The van der Waals surface area contributed by atoms with Crippen LogP contribution < -0.4 is 5.73 Å². The lowest BCUT2D eigenvalue weighted by atomic mass is 10.0. The molecule has 112 valence electrons. The van der Waals surface area contributed by atoms with Gasteiger partial charge in [-0.1, -0.05) is 30.3 Å². The van der Waals surface area contributed by atoms with E-state index in [0.717, 1.165) is 16.9 Å². The van der Waals surface area contributed by atoms with Crippen molar-refractivity contribution < 1.29 is 9.21 Å². The number of carbonyl (C=O) groups excluding carboxylic acids is 1. The van der Waals surface area contributed by atoms with Crippen molar-refractivity contribution in [2.45, 2.75) is 32.4 Å². The summed E-state index contributed by atoms with van der Waals surface area (Å²) in [6.45, 7) is 2.47. The van der Waals surface area contributed by atoms with Crippen molar-refractivity contribution in [1.29, 1.82) is 0 Å². The van der Waals surface area contributed by atoms with Crippen LogP contribution >= 0.6 is 0 Å². The number of rotatable bonds is 6. The third-order valence-electron chi connectivity index (χ3n) is 3.70. The Hall–Kier alpha value is -2.07. The summed E-state index contributed by atoms with van der Waals surface area (Å²) in [6.07, 6.45) is 2.75. The zero-order valence-electron chi connectivity index (χ0n) is 12.6. The van der Waals surface area contributed by atoms with Gasteiger partial charge < -0.3 is 15.1 Å². The molecule has 0 spiro atoms. The summed E-state index contributed by atoms with van der Waals surface area (Å²) in [4.78, 5) is 13.9. The van der Waals surface area contributed by atoms with E-state index in [1.54, 1.807) is 11.2 Å². The maximum absolute atomic E-state index is 12.2. The Labute approximate surface area is 125 Å². The summed E-state index contributed by atoms with van der Waals surface area (Å²) in [5.41, 5.74) is 8.23. The van der Waals surface area contributed by atoms with Crippen molar-refractivity contribution in [1.82, 2.24) is 4.90 Å². The number of hydrogen-bond donors (Lipinski definition) is 1. The first-order valence-electron chi connectivity index (χ1n) is 7.15. The molecule has 1 unspecified atom stereocenters. The largest absolute Gasteiger partial charge is 0.469 e. The molecule has 4 nitrogen and oxygen atoms in total. The molecular weight excluding hydrogens is 264 g/mol. The molecule has 4 heteroatoms. The molecule has 1 atom stereocenters. The van der Waals surface area contributed by atoms with E-state index in [0.29, 0.717) is 19.4 Å². The average molecular weight is 286 g/mol. The lowest BCUT2D eigenvalue weighted by Crippen LogP contribution is -2.27. The highest BCUT2D eigenvalue weighted by Gasteiger charge is 2.14. The van der Waals surface area contributed by atoms with Crippen LogP contribution in [0.1, 0.15) is 35.8 Å². The summed E-state index contributed by atoms with van der Waals surface area (Å²) in [6, 6.07) is 11.7. The summed E-state index contributed by atoms with van der Waals surface area (Å²) in [5.74, 6) is 0.956. The van der Waals surface area contributed by atoms with Gasteiger partial charge in [-0.2, -0.15) is 0 Å². The smallest absolute Gasteiger partial charge is 0.222 e. The van der Waals surface area contributed by atoms with Gasteiger partial charge in [0.2, 0.25) is 5.91 Å². The van der Waals surface area contributed by atoms with Gasteiger partial charge in [-0.3, -0.25) is 4.79 Å². The fourth-order valence-electron chi connectivity index (χ4n) is 2.26. The van der Waals surface area contributed by atoms with Crippen LogP contribution in [0.5, 0.6) is 0 Å². The van der Waals surface area contributed by atoms with Crippen molar-refractivity contribution in [2.24, 2.45) is 5.73 Å². The molecule has 2 N–H and O–H groups in total. The van der Waals surface area contributed by atoms with E-state index in [1.165, 1.54) is 0 Å². The SMILES string of the molecule is Cc1occc1CN(C)C(=O)CCC(N)c1ccccc1. The number of amides is 1. The van der Waals surface area contributed by atoms with Crippen LogP contribution in [0.2, 0.25) is 0 Å². The monoisotopic (exact) mass is 286 g/mol. The minimum Gasteiger partial charge on any atom is -0.469 e. The second-order valence-corrected chi connectivity index (χ2v) is 5.31. The van der Waals surface area contributed by atoms with Gasteiger partial charge in [-0.05, 0) is 25.0 Å². The number of benzene rings is 1. The van der Waals surface area contributed by atoms with E-state index in [2.05, 4.69) is 0 Å². The average Bonchev–Trinajstić information content (AvgIpc) is 2.90. The summed E-state index contributed by atoms with van der Waals surface area (Å²) in [7, 11) is 1.81. The molecule has 0 bridgehead atoms. The van der Waals surface area contributed by atoms with Gasteiger partial charge in [0.1, 0.15) is 5.76 Å². The van der Waals surface area contributed by atoms with Crippen LogP contribution in [-0.4, -0.2) is 17.9 Å². The van der Waals surface area contributed by atoms with Crippen LogP contribution in [0.4, 0.5) is 0 Å². The van der Waals surface area contributed by atoms with Gasteiger partial charge in [-0.15, -0.1) is 0 Å². The zero-order valence-corrected chi connectivity index (χ0v) is 12.6. The normalized spacial score (nSPS) is 12.1. The molecule has 0 aliphatic carbocycles. The van der Waals surface area contributed by atoms with Gasteiger partial charge in [0.25, 0.3) is 0 Å². The molecule has 2 rings (SSSR count). The fourth-order valence-corrected chi connectivity index (χ4v) is 2.26. The molecule has 0 saturated carbocycles. The standard InChI is InChI=1S/C17H22N2O2/c1-13-15(10-11-21-13)12-19(2)17(20)9-8-16(18)14-6-4-3-5-7-14/h3-7,10-11,16H,8-9,12,18H2,1-2H3. The third-order valence-corrected chi connectivity index (χ3v) is 3.70. The van der Waals surface area contributed by atoms with Gasteiger partial charge in [0, 0.05) is 31.6 Å². The van der Waals surface area contributed by atoms with E-state index in [1.807, 2.05) is 50.4 Å². The predicted molar refractivity (Wildman–Crippen MR) is 82.5 cm³/mol. The lowest BCUT2D eigenvalue weighted by Gasteiger charge is -2.18. The second-order valence-electron chi connectivity index (χ2n) is 5.31. The van der Waals surface area contributed by atoms with Crippen LogP contribution in [0.3, 0.4) is 0 Å². The minimum absolute atomic E-state index is 0.0980. The number of nitrogens with zero attached hydrogens (tertiary/aromatic N) is 1. The zero-order chi connectivity index (χ0) is 15.2. The Morgan fingerprint density at radius 1 is 1.29 bits per heavy atom. The second kappa shape index (κ2) is 7.09. The lowest BCUT2D eigenvalue weighted by molar-refractivity contribution is -0.130. The first-order chi connectivity index (χ1) is 10.1. The molecule has 1 aromatic heterocycles. The number of aryl methyl sites for hydroxylation is 1. The number of carbonyl (C=O) groups is 1. The highest BCUT2D eigenvalue weighted by Crippen LogP contribution is 2.17. The molecule has 2 aromatic rings. The molecule has 1 amide bonds. The van der Waals surface area contributed by atoms with Crippen LogP contribution in [0.15, 0.2) is 47.1 Å². The first kappa shape index (κ1) is 15.3. The molecule has 0 aliphatic heterocycles. The molecule has 1 aromatic carbocycles. The van der Waals surface area contributed by atoms with Crippen molar-refractivity contribution in [3.63, 3.8) is 0 Å². The van der Waals surface area contributed by atoms with Crippen LogP contribution in [0, 0.1) is 6.92 Å². The minimum atomic E-state index is -0.0980. The Morgan fingerprint density at radius 3 is 2.62 bits per heavy atom. The van der Waals surface area contributed by atoms with Gasteiger partial charge in [0.05, 0.1) is 6.26 Å². The van der Waals surface area contributed by atoms with E-state index >= 15 is 0 Å². The molecule has 0 fully saturated rings. The Balaban J connectivity index is 1.83. The molecule has 0 saturated heterocycles. The fraction of sp³-hybridized carbons (Fsp3) is 0.353. The van der Waals surface area contributed by atoms with E-state index < -0.39 is 0 Å². The van der Waals surface area contributed by atoms with Crippen molar-refractivity contribution >= 4 is 5.91 Å². The van der Waals surface area contributed by atoms with Crippen LogP contribution in [-0.2, 0) is 11.3 Å². The maximum Gasteiger partial charge on any atom is 0.222 e. The van der Waals surface area contributed by atoms with Crippen molar-refractivity contribution in [3.05, 3.63) is 59.5 Å². The Morgan fingerprint density at radius 2 is 2.00 bits per heavy atom. The summed E-state index contributed by atoms with van der Waals surface area (Å²) in [5, 5.41) is 0. The first-order valence-corrected chi connectivity index (χ1v) is 7.15. The van der Waals surface area contributed by atoms with Crippen LogP contribution in [0.25, 0.3) is 0 Å². The van der Waals surface area contributed by atoms with Gasteiger partial charge >= 0.3 is 0 Å². The number of nitrogens with two attached hydrogens (primary N) is 1. The summed E-state index contributed by atoms with van der Waals surface area (Å²) < 4.78 is 5.24. The van der Waals surface area contributed by atoms with Crippen molar-refractivity contribution in [3.8, 4) is 0 Å². The topological polar surface area (TPSA) is 59.5 Å². The van der Waals surface area contributed by atoms with E-state index in [9.17, 15) is 4.79 Å². The van der Waals surface area contributed by atoms with Gasteiger partial charge in [-0.25, -0.2) is 0 Å². The third kappa shape index (κ3) is 4.20. The van der Waals surface area contributed by atoms with Gasteiger partial charge in [0.15, 0.2) is 0 Å². The molecule has 1 heterocycles. The van der Waals surface area contributed by atoms with Crippen molar-refractivity contribution in [2.75, 3.05) is 7.05 Å². The molecule has 0 aliphatic rings. The quantitative estimate of drug-likeness (QED) is 0.888. The molecule has 0 radical (unpaired) electrons. The number of hydrogen-bond acceptors (Lipinski definition) is 3. The predicted octanol–water partition coefficient (Wildman–Crippen LogP) is 3.03. The Kier molecular flexibility index (Phi) is 5.17. The highest BCUT2D eigenvalue weighted by molar-refractivity contribution is 5.75. The molecule has 21 heavy (non-hydrogen) atoms. The van der Waals surface area contributed by atoms with E-state index in [4.69, 9.17) is 10.2 Å². The molecular formula is C17H22N2O2. The maximum atomic E-state index is 12.2. The summed E-state index contributed by atoms with van der Waals surface area (Å²) >= 11 is 0. The van der Waals surface area contributed by atoms with E-state index in [-0.39, 0.29) is 11.9 Å². The highest BCUT2D eigenvalue weighted by atomic mass is 16.3. The number of furan rings is 1.